The topological polar surface area (TPSA) is 72.2 Å². The molecule has 2 aliphatic carbocycles. The van der Waals surface area contributed by atoms with E-state index in [0.717, 1.165) is 144 Å². The maximum absolute atomic E-state index is 7.02. The van der Waals surface area contributed by atoms with Gasteiger partial charge in [-0.15, -0.1) is 0 Å². The van der Waals surface area contributed by atoms with Gasteiger partial charge in [-0.2, -0.15) is 0 Å². The molecule has 7 heteroatoms. The lowest BCUT2D eigenvalue weighted by atomic mass is 9.82. The average Bonchev–Trinajstić information content (AvgIpc) is 1.84. The highest BCUT2D eigenvalue weighted by Crippen LogP contribution is 2.55. The number of anilines is 6. The third-order valence-corrected chi connectivity index (χ3v) is 19.1. The second-order valence-electron chi connectivity index (χ2n) is 24.3. The largest absolute Gasteiger partial charge is 0.456 e. The van der Waals surface area contributed by atoms with Gasteiger partial charge in [0.15, 0.2) is 11.2 Å². The maximum atomic E-state index is 7.02. The summed E-state index contributed by atoms with van der Waals surface area (Å²) in [4.78, 5) is 4.65. The van der Waals surface area contributed by atoms with Crippen molar-refractivity contribution < 1.29 is 22.1 Å². The fourth-order valence-corrected chi connectivity index (χ4v) is 15.0. The molecule has 7 nitrogen and oxygen atoms in total. The van der Waals surface area contributed by atoms with Crippen LogP contribution < -0.4 is 9.80 Å². The van der Waals surface area contributed by atoms with Gasteiger partial charge in [0, 0.05) is 82.8 Å². The average molecular weight is 1100 g/mol. The Bertz CT molecular complexity index is 5780. The van der Waals surface area contributed by atoms with Crippen molar-refractivity contribution in [2.75, 3.05) is 9.80 Å². The first-order valence-electron chi connectivity index (χ1n) is 29.2. The number of fused-ring (bicyclic) bond motifs is 23. The van der Waals surface area contributed by atoms with Gasteiger partial charge >= 0.3 is 0 Å². The molecule has 0 fully saturated rings. The molecule has 19 rings (SSSR count). The normalized spacial score (nSPS) is 14.1. The SMILES string of the molecule is CC1(C)c2ccccc2-c2ccc(N(c3ccc4c(c3)oc3ccc5c(oc6ccc7oc8cc(N(c9ccc%10c(c9)C(C)(C)c9ccccc9-%10)c9cccc%10c9oc9ccccc9%10)ccc8c7c65)c34)c3cccc4c3oc3ccccc34)cc21. The molecular weight excluding hydrogens is 1040 g/mol. The molecule has 0 N–H and O–H groups in total. The minimum atomic E-state index is -0.195. The molecule has 402 valence electrons. The van der Waals surface area contributed by atoms with E-state index in [1.54, 1.807) is 0 Å². The monoisotopic (exact) mass is 1090 g/mol. The minimum absolute atomic E-state index is 0.194. The first-order chi connectivity index (χ1) is 41.6. The summed E-state index contributed by atoms with van der Waals surface area (Å²) < 4.78 is 34.4. The van der Waals surface area contributed by atoms with Crippen LogP contribution in [0, 0.1) is 0 Å². The molecule has 0 amide bonds. The predicted molar refractivity (Wildman–Crippen MR) is 347 cm³/mol. The summed E-state index contributed by atoms with van der Waals surface area (Å²) in [5.41, 5.74) is 23.8. The van der Waals surface area contributed by atoms with Gasteiger partial charge in [-0.3, -0.25) is 0 Å². The van der Waals surface area contributed by atoms with Crippen LogP contribution in [-0.2, 0) is 10.8 Å². The zero-order chi connectivity index (χ0) is 56.2. The Morgan fingerprint density at radius 3 is 1.19 bits per heavy atom. The second-order valence-corrected chi connectivity index (χ2v) is 24.3. The summed E-state index contributed by atoms with van der Waals surface area (Å²) >= 11 is 0. The Morgan fingerprint density at radius 2 is 0.635 bits per heavy atom. The summed E-state index contributed by atoms with van der Waals surface area (Å²) in [7, 11) is 0. The number of para-hydroxylation sites is 4. The van der Waals surface area contributed by atoms with E-state index in [1.807, 2.05) is 36.4 Å². The van der Waals surface area contributed by atoms with Crippen LogP contribution >= 0.6 is 0 Å². The van der Waals surface area contributed by atoms with Crippen molar-refractivity contribution in [1.82, 2.24) is 0 Å². The second kappa shape index (κ2) is 16.5. The molecule has 85 heavy (non-hydrogen) atoms. The zero-order valence-corrected chi connectivity index (χ0v) is 46.9. The van der Waals surface area contributed by atoms with Gasteiger partial charge in [-0.25, -0.2) is 0 Å². The smallest absolute Gasteiger partial charge is 0.159 e. The van der Waals surface area contributed by atoms with Crippen LogP contribution in [-0.4, -0.2) is 0 Å². The van der Waals surface area contributed by atoms with E-state index in [0.29, 0.717) is 0 Å². The Hall–Kier alpha value is -10.8. The van der Waals surface area contributed by atoms with Crippen LogP contribution in [0.1, 0.15) is 49.9 Å². The Morgan fingerprint density at radius 1 is 0.247 bits per heavy atom. The van der Waals surface area contributed by atoms with Gasteiger partial charge in [0.2, 0.25) is 0 Å². The van der Waals surface area contributed by atoms with Crippen molar-refractivity contribution in [1.29, 1.82) is 0 Å². The predicted octanol–water partition coefficient (Wildman–Crippen LogP) is 22.7. The van der Waals surface area contributed by atoms with E-state index < -0.39 is 0 Å². The van der Waals surface area contributed by atoms with E-state index in [2.05, 4.69) is 232 Å². The zero-order valence-electron chi connectivity index (χ0n) is 46.9. The van der Waals surface area contributed by atoms with Crippen molar-refractivity contribution in [3.63, 3.8) is 0 Å². The molecule has 0 atom stereocenters. The fraction of sp³-hybridized carbons (Fsp3) is 0.0769. The van der Waals surface area contributed by atoms with Crippen LogP contribution in [0.25, 0.3) is 132 Å². The van der Waals surface area contributed by atoms with Gasteiger partial charge in [-0.05, 0) is 142 Å². The van der Waals surface area contributed by atoms with E-state index in [9.17, 15) is 0 Å². The van der Waals surface area contributed by atoms with E-state index in [-0.39, 0.29) is 10.8 Å². The quantitative estimate of drug-likeness (QED) is 0.164. The molecule has 12 aromatic carbocycles. The maximum Gasteiger partial charge on any atom is 0.159 e. The summed E-state index contributed by atoms with van der Waals surface area (Å²) in [6.07, 6.45) is 0. The van der Waals surface area contributed by atoms with Crippen LogP contribution in [0.4, 0.5) is 34.1 Å². The molecule has 0 bridgehead atoms. The third-order valence-electron chi connectivity index (χ3n) is 19.1. The number of furan rings is 5. The first kappa shape index (κ1) is 46.8. The highest BCUT2D eigenvalue weighted by molar-refractivity contribution is 6.30. The van der Waals surface area contributed by atoms with E-state index >= 15 is 0 Å². The lowest BCUT2D eigenvalue weighted by Gasteiger charge is -2.28. The lowest BCUT2D eigenvalue weighted by molar-refractivity contribution is 0.659. The van der Waals surface area contributed by atoms with Gasteiger partial charge in [0.25, 0.3) is 0 Å². The molecular formula is C78H50N2O5. The summed E-state index contributed by atoms with van der Waals surface area (Å²) in [6, 6.07) is 82.3. The highest BCUT2D eigenvalue weighted by atomic mass is 16.4. The van der Waals surface area contributed by atoms with Crippen LogP contribution in [0.15, 0.2) is 253 Å². The van der Waals surface area contributed by atoms with Gasteiger partial charge < -0.3 is 31.9 Å². The molecule has 5 heterocycles. The van der Waals surface area contributed by atoms with Gasteiger partial charge in [-0.1, -0.05) is 149 Å². The van der Waals surface area contributed by atoms with Crippen LogP contribution in [0.3, 0.4) is 0 Å². The molecule has 0 radical (unpaired) electrons. The Kier molecular flexibility index (Phi) is 9.08. The van der Waals surface area contributed by atoms with Crippen molar-refractivity contribution in [2.45, 2.75) is 38.5 Å². The Labute approximate surface area is 486 Å². The van der Waals surface area contributed by atoms with E-state index in [4.69, 9.17) is 22.1 Å². The molecule has 17 aromatic rings. The van der Waals surface area contributed by atoms with Crippen molar-refractivity contribution in [2.24, 2.45) is 0 Å². The number of rotatable bonds is 6. The summed E-state index contributed by atoms with van der Waals surface area (Å²) in [5, 5.41) is 10.2. The van der Waals surface area contributed by atoms with Crippen molar-refractivity contribution in [3.05, 3.63) is 253 Å². The third kappa shape index (κ3) is 6.28. The molecule has 0 aliphatic heterocycles. The van der Waals surface area contributed by atoms with Crippen molar-refractivity contribution in [3.8, 4) is 22.3 Å². The lowest BCUT2D eigenvalue weighted by Crippen LogP contribution is -2.16. The van der Waals surface area contributed by atoms with Crippen LogP contribution in [0.2, 0.25) is 0 Å². The number of hydrogen-bond acceptors (Lipinski definition) is 7. The molecule has 0 saturated heterocycles. The van der Waals surface area contributed by atoms with Gasteiger partial charge in [0.05, 0.1) is 28.1 Å². The summed E-state index contributed by atoms with van der Waals surface area (Å²) in [6.45, 7) is 9.32. The molecule has 0 spiro atoms. The number of hydrogen-bond donors (Lipinski definition) is 0. The standard InChI is InChI=1S/C78H50N2O5/c1-77(2)58-21-9-5-15-47(58)49-31-27-43(39-60(49)77)79(62-23-13-19-53-51-17-7-11-25-64(51)83-74(53)62)45-29-33-55-69(41-45)81-66-37-38-67-72(71(55)66)57-35-36-68-73(76(57)85-67)56-34-30-46(42-70(56)82-68)80(63-24-14-20-54-52-18-8-12-26-65(52)84-75(54)63)44-28-32-50-48-16-6-10-22-59(48)78(3,4)61(50)40-44/h5-42H,1-4H3. The van der Waals surface area contributed by atoms with Crippen LogP contribution in [0.5, 0.6) is 0 Å². The minimum Gasteiger partial charge on any atom is -0.456 e. The Balaban J connectivity index is 0.767. The fourth-order valence-electron chi connectivity index (χ4n) is 15.0. The number of benzene rings is 12. The molecule has 0 unspecified atom stereocenters. The van der Waals surface area contributed by atoms with Crippen molar-refractivity contribution >= 4 is 144 Å². The number of nitrogens with zero attached hydrogens (tertiary/aromatic N) is 2. The first-order valence-corrected chi connectivity index (χ1v) is 29.2. The van der Waals surface area contributed by atoms with Gasteiger partial charge in [0.1, 0.15) is 44.7 Å². The molecule has 5 aromatic heterocycles. The highest BCUT2D eigenvalue weighted by Gasteiger charge is 2.38. The summed E-state index contributed by atoms with van der Waals surface area (Å²) in [5.74, 6) is 0. The molecule has 0 saturated carbocycles. The van der Waals surface area contributed by atoms with E-state index in [1.165, 1.54) is 44.5 Å². The molecule has 2 aliphatic rings.